The van der Waals surface area contributed by atoms with Gasteiger partial charge in [0.1, 0.15) is 6.23 Å². The highest BCUT2D eigenvalue weighted by Gasteiger charge is 2.41. The van der Waals surface area contributed by atoms with E-state index in [9.17, 15) is 13.2 Å². The Bertz CT molecular complexity index is 553. The Hall–Kier alpha value is -1.40. The quantitative estimate of drug-likeness (QED) is 0.844. The molecule has 1 aromatic rings. The van der Waals surface area contributed by atoms with E-state index in [2.05, 4.69) is 0 Å². The van der Waals surface area contributed by atoms with E-state index in [4.69, 9.17) is 4.74 Å². The number of nitrogens with zero attached hydrogens (tertiary/aromatic N) is 1. The molecule has 1 aromatic carbocycles. The smallest absolute Gasteiger partial charge is 0.268 e. The summed E-state index contributed by atoms with van der Waals surface area (Å²) in [5, 5.41) is 0. The number of carbonyl (C=O) groups excluding carboxylic acids is 1. The van der Waals surface area contributed by atoms with Gasteiger partial charge in [-0.3, -0.25) is 4.79 Å². The number of ether oxygens (including phenoxy) is 1. The number of carbonyl (C=O) groups is 1. The summed E-state index contributed by atoms with van der Waals surface area (Å²) in [5.74, 6) is -0.408. The van der Waals surface area contributed by atoms with Gasteiger partial charge in [-0.2, -0.15) is 0 Å². The molecule has 0 saturated carbocycles. The second-order valence-corrected chi connectivity index (χ2v) is 6.50. The van der Waals surface area contributed by atoms with Crippen LogP contribution < -0.4 is 0 Å². The van der Waals surface area contributed by atoms with Gasteiger partial charge in [0.25, 0.3) is 10.0 Å². The third kappa shape index (κ3) is 2.79. The van der Waals surface area contributed by atoms with Crippen molar-refractivity contribution in [1.82, 2.24) is 4.31 Å². The highest BCUT2D eigenvalue weighted by Crippen LogP contribution is 2.28. The second-order valence-electron chi connectivity index (χ2n) is 4.69. The van der Waals surface area contributed by atoms with Crippen LogP contribution in [0.15, 0.2) is 35.2 Å². The minimum Gasteiger partial charge on any atom is -0.355 e. The van der Waals surface area contributed by atoms with Crippen LogP contribution in [0.5, 0.6) is 0 Å². The zero-order valence-electron chi connectivity index (χ0n) is 10.9. The van der Waals surface area contributed by atoms with Gasteiger partial charge in [-0.1, -0.05) is 18.2 Å². The van der Waals surface area contributed by atoms with E-state index in [1.807, 2.05) is 13.8 Å². The Labute approximate surface area is 113 Å². The topological polar surface area (TPSA) is 63.7 Å². The summed E-state index contributed by atoms with van der Waals surface area (Å²) in [5.41, 5.74) is 0. The number of amides is 1. The number of hydrogen-bond donors (Lipinski definition) is 0. The van der Waals surface area contributed by atoms with Gasteiger partial charge in [0.15, 0.2) is 0 Å². The molecule has 1 fully saturated rings. The first kappa shape index (κ1) is 14.0. The minimum atomic E-state index is -3.82. The van der Waals surface area contributed by atoms with E-state index in [-0.39, 0.29) is 17.4 Å². The van der Waals surface area contributed by atoms with Crippen molar-refractivity contribution in [2.24, 2.45) is 0 Å². The molecule has 5 nitrogen and oxygen atoms in total. The normalized spacial score (nSPS) is 20.3. The molecule has 1 saturated heterocycles. The van der Waals surface area contributed by atoms with Crippen molar-refractivity contribution in [1.29, 1.82) is 0 Å². The van der Waals surface area contributed by atoms with Crippen LogP contribution in [0, 0.1) is 0 Å². The molecule has 1 unspecified atom stereocenters. The molecule has 0 aliphatic carbocycles. The number of rotatable bonds is 4. The van der Waals surface area contributed by atoms with Crippen molar-refractivity contribution in [2.75, 3.05) is 0 Å². The third-order valence-electron chi connectivity index (χ3n) is 2.84. The zero-order chi connectivity index (χ0) is 14.0. The molecule has 0 aromatic heterocycles. The van der Waals surface area contributed by atoms with E-state index in [0.717, 1.165) is 4.31 Å². The van der Waals surface area contributed by atoms with E-state index in [1.165, 1.54) is 12.1 Å². The van der Waals surface area contributed by atoms with Gasteiger partial charge < -0.3 is 4.74 Å². The summed E-state index contributed by atoms with van der Waals surface area (Å²) in [7, 11) is -3.82. The first-order chi connectivity index (χ1) is 8.93. The first-order valence-electron chi connectivity index (χ1n) is 6.20. The minimum absolute atomic E-state index is 0.114. The third-order valence-corrected chi connectivity index (χ3v) is 4.67. The summed E-state index contributed by atoms with van der Waals surface area (Å²) < 4.78 is 31.3. The Morgan fingerprint density at radius 2 is 1.89 bits per heavy atom. The molecule has 1 aliphatic heterocycles. The van der Waals surface area contributed by atoms with E-state index in [1.54, 1.807) is 18.2 Å². The van der Waals surface area contributed by atoms with Crippen molar-refractivity contribution in [3.63, 3.8) is 0 Å². The average molecular weight is 283 g/mol. The summed E-state index contributed by atoms with van der Waals surface area (Å²) in [6.45, 7) is 3.63. The van der Waals surface area contributed by atoms with Crippen LogP contribution >= 0.6 is 0 Å². The van der Waals surface area contributed by atoms with Crippen LogP contribution in [0.3, 0.4) is 0 Å². The predicted octanol–water partition coefficient (Wildman–Crippen LogP) is 1.75. The maximum Gasteiger partial charge on any atom is 0.268 e. The van der Waals surface area contributed by atoms with Crippen molar-refractivity contribution < 1.29 is 17.9 Å². The molecule has 1 heterocycles. The van der Waals surface area contributed by atoms with Gasteiger partial charge in [-0.05, 0) is 26.0 Å². The molecule has 104 valence electrons. The SMILES string of the molecule is CC(C)OC1CCC(=O)N1S(=O)(=O)c1ccccc1. The number of sulfonamides is 1. The van der Waals surface area contributed by atoms with Crippen LogP contribution in [0.2, 0.25) is 0 Å². The molecular formula is C13H17NO4S. The maximum absolute atomic E-state index is 12.5. The Morgan fingerprint density at radius 3 is 2.47 bits per heavy atom. The molecule has 0 spiro atoms. The molecule has 0 N–H and O–H groups in total. The molecule has 1 atom stereocenters. The lowest BCUT2D eigenvalue weighted by atomic mass is 10.3. The number of hydrogen-bond acceptors (Lipinski definition) is 4. The van der Waals surface area contributed by atoms with Crippen LogP contribution in [0.1, 0.15) is 26.7 Å². The predicted molar refractivity (Wildman–Crippen MR) is 69.7 cm³/mol. The van der Waals surface area contributed by atoms with Gasteiger partial charge in [-0.25, -0.2) is 12.7 Å². The van der Waals surface area contributed by atoms with E-state index < -0.39 is 22.2 Å². The Balaban J connectivity index is 2.35. The van der Waals surface area contributed by atoms with Crippen molar-refractivity contribution in [3.8, 4) is 0 Å². The Kier molecular flexibility index (Phi) is 3.91. The molecule has 0 bridgehead atoms. The summed E-state index contributed by atoms with van der Waals surface area (Å²) in [4.78, 5) is 12.0. The largest absolute Gasteiger partial charge is 0.355 e. The summed E-state index contributed by atoms with van der Waals surface area (Å²) in [6, 6.07) is 7.95. The lowest BCUT2D eigenvalue weighted by molar-refractivity contribution is -0.129. The highest BCUT2D eigenvalue weighted by molar-refractivity contribution is 7.89. The first-order valence-corrected chi connectivity index (χ1v) is 7.64. The highest BCUT2D eigenvalue weighted by atomic mass is 32.2. The lowest BCUT2D eigenvalue weighted by Gasteiger charge is -2.25. The van der Waals surface area contributed by atoms with E-state index >= 15 is 0 Å². The van der Waals surface area contributed by atoms with Gasteiger partial charge in [0, 0.05) is 12.8 Å². The summed E-state index contributed by atoms with van der Waals surface area (Å²) >= 11 is 0. The van der Waals surface area contributed by atoms with Crippen LogP contribution in [0.25, 0.3) is 0 Å². The van der Waals surface area contributed by atoms with E-state index in [0.29, 0.717) is 6.42 Å². The van der Waals surface area contributed by atoms with Crippen LogP contribution in [-0.2, 0) is 19.6 Å². The monoisotopic (exact) mass is 283 g/mol. The molecule has 19 heavy (non-hydrogen) atoms. The molecule has 0 radical (unpaired) electrons. The lowest BCUT2D eigenvalue weighted by Crippen LogP contribution is -2.41. The van der Waals surface area contributed by atoms with Crippen LogP contribution in [-0.4, -0.2) is 31.0 Å². The summed E-state index contributed by atoms with van der Waals surface area (Å²) in [6.07, 6.45) is -0.228. The zero-order valence-corrected chi connectivity index (χ0v) is 11.8. The fraction of sp³-hybridized carbons (Fsp3) is 0.462. The maximum atomic E-state index is 12.5. The fourth-order valence-corrected chi connectivity index (χ4v) is 3.62. The van der Waals surface area contributed by atoms with Crippen molar-refractivity contribution >= 4 is 15.9 Å². The van der Waals surface area contributed by atoms with Gasteiger partial charge >= 0.3 is 0 Å². The Morgan fingerprint density at radius 1 is 1.26 bits per heavy atom. The van der Waals surface area contributed by atoms with Crippen LogP contribution in [0.4, 0.5) is 0 Å². The van der Waals surface area contributed by atoms with Crippen molar-refractivity contribution in [2.45, 2.75) is 43.9 Å². The molecule has 1 aliphatic rings. The average Bonchev–Trinajstić information content (AvgIpc) is 2.71. The molecule has 1 amide bonds. The standard InChI is InChI=1S/C13H17NO4S/c1-10(2)18-13-9-8-12(15)14(13)19(16,17)11-6-4-3-5-7-11/h3-7,10,13H,8-9H2,1-2H3. The fourth-order valence-electron chi connectivity index (χ4n) is 2.07. The van der Waals surface area contributed by atoms with Gasteiger partial charge in [0.2, 0.25) is 5.91 Å². The molecule has 2 rings (SSSR count). The molecular weight excluding hydrogens is 266 g/mol. The molecule has 6 heteroatoms. The second kappa shape index (κ2) is 5.30. The van der Waals surface area contributed by atoms with Gasteiger partial charge in [0.05, 0.1) is 11.0 Å². The van der Waals surface area contributed by atoms with Gasteiger partial charge in [-0.15, -0.1) is 0 Å². The number of benzene rings is 1. The van der Waals surface area contributed by atoms with Crippen molar-refractivity contribution in [3.05, 3.63) is 30.3 Å².